The van der Waals surface area contributed by atoms with Crippen LogP contribution in [-0.4, -0.2) is 14.5 Å². The van der Waals surface area contributed by atoms with Gasteiger partial charge in [0.25, 0.3) is 0 Å². The zero-order chi connectivity index (χ0) is 13.1. The molecule has 4 heteroatoms. The van der Waals surface area contributed by atoms with E-state index in [0.717, 1.165) is 22.5 Å². The van der Waals surface area contributed by atoms with Crippen molar-refractivity contribution in [2.45, 2.75) is 6.54 Å². The lowest BCUT2D eigenvalue weighted by atomic mass is 10.2. The minimum absolute atomic E-state index is 0.791. The highest BCUT2D eigenvalue weighted by Gasteiger charge is 2.06. The van der Waals surface area contributed by atoms with Crippen molar-refractivity contribution in [3.63, 3.8) is 0 Å². The molecule has 0 spiro atoms. The van der Waals surface area contributed by atoms with Gasteiger partial charge in [0.05, 0.1) is 0 Å². The topological polar surface area (TPSA) is 30.7 Å². The number of halogens is 1. The van der Waals surface area contributed by atoms with E-state index >= 15 is 0 Å². The van der Waals surface area contributed by atoms with E-state index in [1.165, 1.54) is 5.56 Å². The number of hydrogen-bond acceptors (Lipinski definition) is 2. The molecule has 94 valence electrons. The number of hydrogen-bond donors (Lipinski definition) is 0. The van der Waals surface area contributed by atoms with Crippen LogP contribution >= 0.6 is 15.9 Å². The van der Waals surface area contributed by atoms with E-state index in [0.29, 0.717) is 0 Å². The van der Waals surface area contributed by atoms with Crippen LogP contribution in [0.5, 0.6) is 0 Å². The first-order valence-corrected chi connectivity index (χ1v) is 6.79. The fraction of sp³-hybridized carbons (Fsp3) is 0.0667. The molecule has 0 saturated heterocycles. The summed E-state index contributed by atoms with van der Waals surface area (Å²) in [5, 5.41) is 0. The third-order valence-corrected chi connectivity index (χ3v) is 3.40. The fourth-order valence-corrected chi connectivity index (χ4v) is 2.22. The van der Waals surface area contributed by atoms with Crippen LogP contribution in [0, 0.1) is 0 Å². The lowest BCUT2D eigenvalue weighted by Gasteiger charge is -2.07. The van der Waals surface area contributed by atoms with E-state index in [9.17, 15) is 0 Å². The number of rotatable bonds is 3. The summed E-state index contributed by atoms with van der Waals surface area (Å²) in [5.41, 5.74) is 2.13. The van der Waals surface area contributed by atoms with Crippen LogP contribution in [0.15, 0.2) is 65.5 Å². The summed E-state index contributed by atoms with van der Waals surface area (Å²) in [6, 6.07) is 14.2. The molecule has 0 aliphatic heterocycles. The van der Waals surface area contributed by atoms with Crippen LogP contribution in [-0.2, 0) is 6.54 Å². The largest absolute Gasteiger partial charge is 0.325 e. The van der Waals surface area contributed by atoms with Crippen LogP contribution in [0.25, 0.3) is 11.5 Å². The molecule has 3 nitrogen and oxygen atoms in total. The van der Waals surface area contributed by atoms with Gasteiger partial charge in [0.15, 0.2) is 5.82 Å². The molecule has 0 radical (unpaired) electrons. The molecule has 2 heterocycles. The summed E-state index contributed by atoms with van der Waals surface area (Å²) < 4.78 is 3.19. The quantitative estimate of drug-likeness (QED) is 0.737. The number of nitrogens with zero attached hydrogens (tertiary/aromatic N) is 3. The maximum atomic E-state index is 4.39. The van der Waals surface area contributed by atoms with Crippen LogP contribution in [0.3, 0.4) is 0 Å². The van der Waals surface area contributed by atoms with Gasteiger partial charge >= 0.3 is 0 Å². The third-order valence-electron chi connectivity index (χ3n) is 2.88. The lowest BCUT2D eigenvalue weighted by Crippen LogP contribution is -2.01. The van der Waals surface area contributed by atoms with E-state index in [-0.39, 0.29) is 0 Å². The Balaban J connectivity index is 1.91. The molecule has 0 unspecified atom stereocenters. The average molecular weight is 314 g/mol. The van der Waals surface area contributed by atoms with Crippen molar-refractivity contribution in [3.8, 4) is 11.5 Å². The molecule has 0 aliphatic carbocycles. The number of benzene rings is 1. The van der Waals surface area contributed by atoms with Gasteiger partial charge in [0.1, 0.15) is 5.69 Å². The monoisotopic (exact) mass is 313 g/mol. The number of imidazole rings is 1. The highest BCUT2D eigenvalue weighted by Crippen LogP contribution is 2.17. The highest BCUT2D eigenvalue weighted by atomic mass is 79.9. The zero-order valence-corrected chi connectivity index (χ0v) is 11.8. The normalized spacial score (nSPS) is 10.6. The molecular weight excluding hydrogens is 302 g/mol. The molecule has 2 aromatic heterocycles. The van der Waals surface area contributed by atoms with E-state index in [2.05, 4.69) is 42.6 Å². The fourth-order valence-electron chi connectivity index (χ4n) is 1.95. The molecule has 0 fully saturated rings. The van der Waals surface area contributed by atoms with E-state index in [1.54, 1.807) is 6.20 Å². The second kappa shape index (κ2) is 5.36. The van der Waals surface area contributed by atoms with Crippen LogP contribution in [0.1, 0.15) is 5.56 Å². The third kappa shape index (κ3) is 2.74. The molecule has 19 heavy (non-hydrogen) atoms. The molecule has 0 N–H and O–H groups in total. The van der Waals surface area contributed by atoms with Gasteiger partial charge < -0.3 is 4.57 Å². The maximum absolute atomic E-state index is 4.39. The van der Waals surface area contributed by atoms with E-state index in [4.69, 9.17) is 0 Å². The van der Waals surface area contributed by atoms with Crippen LogP contribution in [0.4, 0.5) is 0 Å². The second-order valence-corrected chi connectivity index (χ2v) is 5.14. The minimum atomic E-state index is 0.791. The van der Waals surface area contributed by atoms with E-state index < -0.39 is 0 Å². The molecule has 0 atom stereocenters. The number of pyridine rings is 1. The van der Waals surface area contributed by atoms with Gasteiger partial charge in [0.2, 0.25) is 0 Å². The Morgan fingerprint density at radius 1 is 0.947 bits per heavy atom. The van der Waals surface area contributed by atoms with Crippen molar-refractivity contribution in [1.29, 1.82) is 0 Å². The minimum Gasteiger partial charge on any atom is -0.325 e. The lowest BCUT2D eigenvalue weighted by molar-refractivity contribution is 0.803. The molecule has 0 amide bonds. The Labute approximate surface area is 120 Å². The Hall–Kier alpha value is -1.94. The average Bonchev–Trinajstić information content (AvgIpc) is 2.90. The molecule has 1 aromatic carbocycles. The van der Waals surface area contributed by atoms with Gasteiger partial charge in [-0.05, 0) is 29.8 Å². The van der Waals surface area contributed by atoms with Crippen molar-refractivity contribution >= 4 is 15.9 Å². The standard InChI is InChI=1S/C15H12BrN3/c16-13-6-4-12(5-7-13)11-19-10-9-18-15(19)14-3-1-2-8-17-14/h1-10H,11H2. The predicted molar refractivity (Wildman–Crippen MR) is 78.7 cm³/mol. The van der Waals surface area contributed by atoms with E-state index in [1.807, 2.05) is 42.7 Å². The number of aromatic nitrogens is 3. The molecule has 0 bridgehead atoms. The molecule has 0 saturated carbocycles. The van der Waals surface area contributed by atoms with Gasteiger partial charge in [-0.3, -0.25) is 4.98 Å². The van der Waals surface area contributed by atoms with Gasteiger partial charge in [-0.25, -0.2) is 4.98 Å². The summed E-state index contributed by atoms with van der Waals surface area (Å²) in [4.78, 5) is 8.74. The predicted octanol–water partition coefficient (Wildman–Crippen LogP) is 3.76. The van der Waals surface area contributed by atoms with Crippen LogP contribution < -0.4 is 0 Å². The Morgan fingerprint density at radius 2 is 1.79 bits per heavy atom. The summed E-state index contributed by atoms with van der Waals surface area (Å²) >= 11 is 3.45. The molecule has 3 rings (SSSR count). The van der Waals surface area contributed by atoms with Crippen molar-refractivity contribution in [2.75, 3.05) is 0 Å². The Kier molecular flexibility index (Phi) is 3.42. The van der Waals surface area contributed by atoms with Gasteiger partial charge in [-0.1, -0.05) is 34.1 Å². The summed E-state index contributed by atoms with van der Waals surface area (Å²) in [7, 11) is 0. The molecule has 0 aliphatic rings. The van der Waals surface area contributed by atoms with Crippen molar-refractivity contribution in [3.05, 3.63) is 71.1 Å². The maximum Gasteiger partial charge on any atom is 0.158 e. The van der Waals surface area contributed by atoms with Crippen molar-refractivity contribution < 1.29 is 0 Å². The van der Waals surface area contributed by atoms with Crippen LogP contribution in [0.2, 0.25) is 0 Å². The zero-order valence-electron chi connectivity index (χ0n) is 10.2. The SMILES string of the molecule is Brc1ccc(Cn2ccnc2-c2ccccn2)cc1. The second-order valence-electron chi connectivity index (χ2n) is 4.22. The molecule has 3 aromatic rings. The van der Waals surface area contributed by atoms with Crippen molar-refractivity contribution in [1.82, 2.24) is 14.5 Å². The van der Waals surface area contributed by atoms with Gasteiger partial charge in [-0.15, -0.1) is 0 Å². The summed E-state index contributed by atoms with van der Waals surface area (Å²) in [6.45, 7) is 0.791. The summed E-state index contributed by atoms with van der Waals surface area (Å²) in [5.74, 6) is 0.892. The molecular formula is C15H12BrN3. The first-order valence-electron chi connectivity index (χ1n) is 6.00. The van der Waals surface area contributed by atoms with Gasteiger partial charge in [0, 0.05) is 29.6 Å². The summed E-state index contributed by atoms with van der Waals surface area (Å²) in [6.07, 6.45) is 5.57. The smallest absolute Gasteiger partial charge is 0.158 e. The first-order chi connectivity index (χ1) is 9.33. The Bertz CT molecular complexity index is 659. The Morgan fingerprint density at radius 3 is 2.53 bits per heavy atom. The van der Waals surface area contributed by atoms with Crippen molar-refractivity contribution in [2.24, 2.45) is 0 Å². The highest BCUT2D eigenvalue weighted by molar-refractivity contribution is 9.10. The first kappa shape index (κ1) is 12.1. The van der Waals surface area contributed by atoms with Gasteiger partial charge in [-0.2, -0.15) is 0 Å².